The van der Waals surface area contributed by atoms with Gasteiger partial charge in [-0.15, -0.1) is 0 Å². The summed E-state index contributed by atoms with van der Waals surface area (Å²) in [5.74, 6) is -0.520. The molecular formula is C18H16ClFN4O. The lowest BCUT2D eigenvalue weighted by Crippen LogP contribution is -2.50. The molecule has 0 saturated carbocycles. The van der Waals surface area contributed by atoms with E-state index in [1.165, 1.54) is 18.2 Å². The number of hydrogen-bond acceptors (Lipinski definition) is 3. The Bertz CT molecular complexity index is 828. The minimum absolute atomic E-state index is 0.0278. The monoisotopic (exact) mass is 358 g/mol. The van der Waals surface area contributed by atoms with Crippen molar-refractivity contribution < 1.29 is 9.18 Å². The number of urea groups is 1. The Morgan fingerprint density at radius 2 is 1.92 bits per heavy atom. The van der Waals surface area contributed by atoms with Gasteiger partial charge in [-0.05, 0) is 36.4 Å². The van der Waals surface area contributed by atoms with Crippen molar-refractivity contribution in [3.63, 3.8) is 0 Å². The minimum atomic E-state index is -0.520. The van der Waals surface area contributed by atoms with Gasteiger partial charge in [-0.25, -0.2) is 9.18 Å². The molecule has 0 unspecified atom stereocenters. The molecule has 1 fully saturated rings. The van der Waals surface area contributed by atoms with Crippen LogP contribution in [0.5, 0.6) is 0 Å². The van der Waals surface area contributed by atoms with Crippen LogP contribution in [0, 0.1) is 17.1 Å². The van der Waals surface area contributed by atoms with Crippen LogP contribution in [0.4, 0.5) is 20.6 Å². The summed E-state index contributed by atoms with van der Waals surface area (Å²) in [6, 6.07) is 13.4. The molecule has 5 nitrogen and oxygen atoms in total. The van der Waals surface area contributed by atoms with E-state index in [0.717, 1.165) is 5.69 Å². The highest BCUT2D eigenvalue weighted by atomic mass is 35.5. The first-order chi connectivity index (χ1) is 12.1. The normalized spacial score (nSPS) is 14.1. The van der Waals surface area contributed by atoms with Crippen LogP contribution in [0.25, 0.3) is 0 Å². The molecule has 3 rings (SSSR count). The van der Waals surface area contributed by atoms with Crippen molar-refractivity contribution in [2.24, 2.45) is 0 Å². The van der Waals surface area contributed by atoms with Gasteiger partial charge in [-0.3, -0.25) is 0 Å². The van der Waals surface area contributed by atoms with E-state index in [0.29, 0.717) is 37.4 Å². The van der Waals surface area contributed by atoms with Crippen LogP contribution in [-0.2, 0) is 0 Å². The number of nitriles is 1. The van der Waals surface area contributed by atoms with Gasteiger partial charge in [-0.2, -0.15) is 5.26 Å². The lowest BCUT2D eigenvalue weighted by Gasteiger charge is -2.36. The molecule has 0 radical (unpaired) electrons. The second-order valence-electron chi connectivity index (χ2n) is 5.70. The van der Waals surface area contributed by atoms with Crippen LogP contribution >= 0.6 is 11.6 Å². The van der Waals surface area contributed by atoms with Crippen molar-refractivity contribution in [1.82, 2.24) is 4.90 Å². The molecule has 0 aromatic heterocycles. The molecular weight excluding hydrogens is 343 g/mol. The smallest absolute Gasteiger partial charge is 0.321 e. The Balaban J connectivity index is 1.58. The predicted molar refractivity (Wildman–Crippen MR) is 95.4 cm³/mol. The SMILES string of the molecule is N#Cc1cccc(N2CCN(C(=O)Nc3ccc(F)c(Cl)c3)CC2)c1. The number of anilines is 2. The second kappa shape index (κ2) is 7.41. The average Bonchev–Trinajstić information content (AvgIpc) is 2.65. The maximum Gasteiger partial charge on any atom is 0.321 e. The molecule has 1 aliphatic heterocycles. The summed E-state index contributed by atoms with van der Waals surface area (Å²) in [5.41, 5.74) is 2.05. The molecule has 1 N–H and O–H groups in total. The van der Waals surface area contributed by atoms with Crippen molar-refractivity contribution in [2.45, 2.75) is 0 Å². The van der Waals surface area contributed by atoms with Gasteiger partial charge < -0.3 is 15.1 Å². The van der Waals surface area contributed by atoms with E-state index < -0.39 is 5.82 Å². The van der Waals surface area contributed by atoms with E-state index in [2.05, 4.69) is 16.3 Å². The fourth-order valence-corrected chi connectivity index (χ4v) is 2.90. The zero-order chi connectivity index (χ0) is 17.8. The average molecular weight is 359 g/mol. The van der Waals surface area contributed by atoms with E-state index in [9.17, 15) is 9.18 Å². The molecule has 25 heavy (non-hydrogen) atoms. The lowest BCUT2D eigenvalue weighted by atomic mass is 10.2. The van der Waals surface area contributed by atoms with Crippen LogP contribution in [0.15, 0.2) is 42.5 Å². The number of carbonyl (C=O) groups is 1. The Hall–Kier alpha value is -2.78. The fraction of sp³-hybridized carbons (Fsp3) is 0.222. The first kappa shape index (κ1) is 17.1. The predicted octanol–water partition coefficient (Wildman–Crippen LogP) is 3.70. The van der Waals surface area contributed by atoms with Gasteiger partial charge in [0, 0.05) is 37.6 Å². The van der Waals surface area contributed by atoms with Gasteiger partial charge in [0.05, 0.1) is 16.7 Å². The largest absolute Gasteiger partial charge is 0.368 e. The third-order valence-electron chi connectivity index (χ3n) is 4.08. The molecule has 0 bridgehead atoms. The maximum atomic E-state index is 13.2. The highest BCUT2D eigenvalue weighted by molar-refractivity contribution is 6.31. The number of amides is 2. The third kappa shape index (κ3) is 4.01. The molecule has 0 aliphatic carbocycles. The van der Waals surface area contributed by atoms with E-state index in [-0.39, 0.29) is 11.1 Å². The lowest BCUT2D eigenvalue weighted by molar-refractivity contribution is 0.208. The fourth-order valence-electron chi connectivity index (χ4n) is 2.72. The van der Waals surface area contributed by atoms with Crippen molar-refractivity contribution in [2.75, 3.05) is 36.4 Å². The highest BCUT2D eigenvalue weighted by Crippen LogP contribution is 2.21. The Morgan fingerprint density at radius 3 is 2.60 bits per heavy atom. The van der Waals surface area contributed by atoms with Gasteiger partial charge >= 0.3 is 6.03 Å². The van der Waals surface area contributed by atoms with Gasteiger partial charge in [0.2, 0.25) is 0 Å². The van der Waals surface area contributed by atoms with Gasteiger partial charge in [0.25, 0.3) is 0 Å². The van der Waals surface area contributed by atoms with E-state index in [1.807, 2.05) is 18.2 Å². The Labute approximate surface area is 150 Å². The number of nitrogens with one attached hydrogen (secondary N) is 1. The first-order valence-corrected chi connectivity index (χ1v) is 8.21. The van der Waals surface area contributed by atoms with Crippen LogP contribution < -0.4 is 10.2 Å². The summed E-state index contributed by atoms with van der Waals surface area (Å²) in [5, 5.41) is 11.7. The van der Waals surface area contributed by atoms with Gasteiger partial charge in [-0.1, -0.05) is 17.7 Å². The third-order valence-corrected chi connectivity index (χ3v) is 4.37. The quantitative estimate of drug-likeness (QED) is 0.890. The zero-order valence-electron chi connectivity index (χ0n) is 13.4. The first-order valence-electron chi connectivity index (χ1n) is 7.83. The van der Waals surface area contributed by atoms with Gasteiger partial charge in [0.15, 0.2) is 0 Å². The summed E-state index contributed by atoms with van der Waals surface area (Å²) in [7, 11) is 0. The van der Waals surface area contributed by atoms with Crippen LogP contribution in [0.3, 0.4) is 0 Å². The summed E-state index contributed by atoms with van der Waals surface area (Å²) in [4.78, 5) is 16.2. The van der Waals surface area contributed by atoms with E-state index in [4.69, 9.17) is 16.9 Å². The van der Waals surface area contributed by atoms with Crippen molar-refractivity contribution >= 4 is 29.0 Å². The standard InChI is InChI=1S/C18H16ClFN4O/c19-16-11-14(4-5-17(16)20)22-18(25)24-8-6-23(7-9-24)15-3-1-2-13(10-15)12-21/h1-5,10-11H,6-9H2,(H,22,25). The minimum Gasteiger partial charge on any atom is -0.368 e. The number of benzene rings is 2. The Morgan fingerprint density at radius 1 is 1.16 bits per heavy atom. The van der Waals surface area contributed by atoms with E-state index in [1.54, 1.807) is 11.0 Å². The van der Waals surface area contributed by atoms with Crippen LogP contribution in [-0.4, -0.2) is 37.1 Å². The number of nitrogens with zero attached hydrogens (tertiary/aromatic N) is 3. The molecule has 1 saturated heterocycles. The number of halogens is 2. The molecule has 128 valence electrons. The van der Waals surface area contributed by atoms with Gasteiger partial charge in [0.1, 0.15) is 5.82 Å². The second-order valence-corrected chi connectivity index (χ2v) is 6.10. The molecule has 7 heteroatoms. The number of carbonyl (C=O) groups excluding carboxylic acids is 1. The number of rotatable bonds is 2. The Kier molecular flexibility index (Phi) is 5.05. The molecule has 0 spiro atoms. The molecule has 1 aliphatic rings. The summed E-state index contributed by atoms with van der Waals surface area (Å²) < 4.78 is 13.2. The van der Waals surface area contributed by atoms with Crippen molar-refractivity contribution in [3.8, 4) is 6.07 Å². The topological polar surface area (TPSA) is 59.4 Å². The number of hydrogen-bond donors (Lipinski definition) is 1. The molecule has 2 aromatic rings. The number of piperazine rings is 1. The van der Waals surface area contributed by atoms with Crippen LogP contribution in [0.2, 0.25) is 5.02 Å². The maximum absolute atomic E-state index is 13.2. The van der Waals surface area contributed by atoms with Crippen molar-refractivity contribution in [3.05, 3.63) is 58.9 Å². The van der Waals surface area contributed by atoms with Crippen LogP contribution in [0.1, 0.15) is 5.56 Å². The van der Waals surface area contributed by atoms with Crippen molar-refractivity contribution in [1.29, 1.82) is 5.26 Å². The highest BCUT2D eigenvalue weighted by Gasteiger charge is 2.21. The molecule has 0 atom stereocenters. The summed E-state index contributed by atoms with van der Waals surface area (Å²) in [6.45, 7) is 2.45. The molecule has 2 amide bonds. The molecule has 1 heterocycles. The summed E-state index contributed by atoms with van der Waals surface area (Å²) >= 11 is 5.73. The van der Waals surface area contributed by atoms with E-state index >= 15 is 0 Å². The summed E-state index contributed by atoms with van der Waals surface area (Å²) in [6.07, 6.45) is 0. The molecule has 2 aromatic carbocycles. The zero-order valence-corrected chi connectivity index (χ0v) is 14.1.